The molecule has 4 rings (SSSR count). The highest BCUT2D eigenvalue weighted by molar-refractivity contribution is 5.78. The molecule has 0 unspecified atom stereocenters. The predicted octanol–water partition coefficient (Wildman–Crippen LogP) is 2.61. The minimum absolute atomic E-state index is 0.0145. The maximum atomic E-state index is 12.7. The van der Waals surface area contributed by atoms with Gasteiger partial charge in [-0.3, -0.25) is 9.69 Å². The summed E-state index contributed by atoms with van der Waals surface area (Å²) in [4.78, 5) is 15.0. The lowest BCUT2D eigenvalue weighted by molar-refractivity contribution is -0.120. The number of para-hydroxylation sites is 1. The van der Waals surface area contributed by atoms with Crippen molar-refractivity contribution in [2.45, 2.75) is 12.5 Å². The first-order valence-electron chi connectivity index (χ1n) is 10.5. The van der Waals surface area contributed by atoms with Gasteiger partial charge in [-0.2, -0.15) is 5.10 Å². The lowest BCUT2D eigenvalue weighted by Crippen LogP contribution is -2.44. The number of nitrogens with one attached hydrogen (secondary N) is 1. The molecule has 0 radical (unpaired) electrons. The molecule has 3 aromatic rings. The third-order valence-corrected chi connectivity index (χ3v) is 5.50. The second-order valence-electron chi connectivity index (χ2n) is 7.55. The van der Waals surface area contributed by atoms with Gasteiger partial charge in [-0.25, -0.2) is 4.68 Å². The highest BCUT2D eigenvalue weighted by Crippen LogP contribution is 2.23. The van der Waals surface area contributed by atoms with Crippen molar-refractivity contribution >= 4 is 5.91 Å². The molecule has 1 fully saturated rings. The van der Waals surface area contributed by atoms with Crippen molar-refractivity contribution in [1.82, 2.24) is 20.0 Å². The summed E-state index contributed by atoms with van der Waals surface area (Å²) in [5.41, 5.74) is 3.01. The van der Waals surface area contributed by atoms with Gasteiger partial charge in [0.15, 0.2) is 0 Å². The van der Waals surface area contributed by atoms with Crippen LogP contribution in [0, 0.1) is 0 Å². The number of carbonyl (C=O) groups excluding carboxylic acids is 1. The van der Waals surface area contributed by atoms with Gasteiger partial charge in [0.2, 0.25) is 5.91 Å². The Labute approximate surface area is 182 Å². The summed E-state index contributed by atoms with van der Waals surface area (Å²) in [5.74, 6) is 0.809. The SMILES string of the molecule is COc1ccc([C@@H](CNC(=O)Cc2cnn(-c3ccccc3)c2)N2CCOCC2)cc1. The molecule has 0 saturated carbocycles. The number of morpholine rings is 1. The Kier molecular flexibility index (Phi) is 6.96. The van der Waals surface area contributed by atoms with Gasteiger partial charge in [-0.15, -0.1) is 0 Å². The van der Waals surface area contributed by atoms with E-state index in [1.165, 1.54) is 0 Å². The highest BCUT2D eigenvalue weighted by Gasteiger charge is 2.23. The zero-order valence-electron chi connectivity index (χ0n) is 17.7. The fourth-order valence-electron chi connectivity index (χ4n) is 3.80. The molecule has 162 valence electrons. The monoisotopic (exact) mass is 420 g/mol. The van der Waals surface area contributed by atoms with Gasteiger partial charge in [-0.05, 0) is 35.4 Å². The standard InChI is InChI=1S/C24H28N4O3/c1-30-22-9-7-20(8-10-22)23(27-11-13-31-14-12-27)17-25-24(29)15-19-16-26-28(18-19)21-5-3-2-4-6-21/h2-10,16,18,23H,11-15,17H2,1H3,(H,25,29)/t23-/m1/s1. The minimum atomic E-state index is -0.0145. The molecular weight excluding hydrogens is 392 g/mol. The van der Waals surface area contributed by atoms with Crippen molar-refractivity contribution in [3.8, 4) is 11.4 Å². The molecule has 1 amide bonds. The smallest absolute Gasteiger partial charge is 0.224 e. The lowest BCUT2D eigenvalue weighted by atomic mass is 10.0. The van der Waals surface area contributed by atoms with Crippen LogP contribution in [0.1, 0.15) is 17.2 Å². The third kappa shape index (κ3) is 5.51. The van der Waals surface area contributed by atoms with Crippen molar-refractivity contribution in [1.29, 1.82) is 0 Å². The van der Waals surface area contributed by atoms with Gasteiger partial charge in [-0.1, -0.05) is 30.3 Å². The van der Waals surface area contributed by atoms with E-state index < -0.39 is 0 Å². The van der Waals surface area contributed by atoms with Crippen LogP contribution < -0.4 is 10.1 Å². The number of hydrogen-bond donors (Lipinski definition) is 1. The molecule has 31 heavy (non-hydrogen) atoms. The summed E-state index contributed by atoms with van der Waals surface area (Å²) in [6.07, 6.45) is 3.94. The summed E-state index contributed by atoms with van der Waals surface area (Å²) in [7, 11) is 1.66. The Balaban J connectivity index is 1.39. The number of ether oxygens (including phenoxy) is 2. The van der Waals surface area contributed by atoms with Crippen molar-refractivity contribution < 1.29 is 14.3 Å². The van der Waals surface area contributed by atoms with E-state index in [1.807, 2.05) is 48.7 Å². The van der Waals surface area contributed by atoms with Gasteiger partial charge in [0.1, 0.15) is 5.75 Å². The molecule has 0 bridgehead atoms. The first kappa shape index (κ1) is 21.1. The quantitative estimate of drug-likeness (QED) is 0.607. The normalized spacial score (nSPS) is 15.4. The summed E-state index contributed by atoms with van der Waals surface area (Å²) < 4.78 is 12.6. The molecule has 1 atom stereocenters. The Morgan fingerprint density at radius 2 is 1.87 bits per heavy atom. The number of hydrogen-bond acceptors (Lipinski definition) is 5. The fraction of sp³-hybridized carbons (Fsp3) is 0.333. The van der Waals surface area contributed by atoms with E-state index in [9.17, 15) is 4.79 Å². The number of nitrogens with zero attached hydrogens (tertiary/aromatic N) is 3. The van der Waals surface area contributed by atoms with E-state index in [-0.39, 0.29) is 11.9 Å². The van der Waals surface area contributed by atoms with Crippen molar-refractivity contribution in [3.05, 3.63) is 78.1 Å². The molecular formula is C24H28N4O3. The predicted molar refractivity (Wildman–Crippen MR) is 118 cm³/mol. The molecule has 7 nitrogen and oxygen atoms in total. The molecule has 1 saturated heterocycles. The van der Waals surface area contributed by atoms with Crippen molar-refractivity contribution in [2.75, 3.05) is 40.0 Å². The topological polar surface area (TPSA) is 68.6 Å². The molecule has 0 aliphatic carbocycles. The highest BCUT2D eigenvalue weighted by atomic mass is 16.5. The molecule has 1 N–H and O–H groups in total. The van der Waals surface area contributed by atoms with Crippen LogP contribution in [0.5, 0.6) is 5.75 Å². The molecule has 2 heterocycles. The fourth-order valence-corrected chi connectivity index (χ4v) is 3.80. The van der Waals surface area contributed by atoms with Crippen LogP contribution in [0.4, 0.5) is 0 Å². The van der Waals surface area contributed by atoms with Crippen LogP contribution in [-0.4, -0.2) is 60.5 Å². The average Bonchev–Trinajstić information content (AvgIpc) is 3.29. The average molecular weight is 421 g/mol. The van der Waals surface area contributed by atoms with Gasteiger partial charge < -0.3 is 14.8 Å². The van der Waals surface area contributed by atoms with E-state index in [0.29, 0.717) is 26.2 Å². The number of rotatable bonds is 8. The third-order valence-electron chi connectivity index (χ3n) is 5.50. The van der Waals surface area contributed by atoms with Gasteiger partial charge >= 0.3 is 0 Å². The molecule has 0 spiro atoms. The van der Waals surface area contributed by atoms with E-state index in [4.69, 9.17) is 9.47 Å². The van der Waals surface area contributed by atoms with E-state index in [1.54, 1.807) is 18.0 Å². The largest absolute Gasteiger partial charge is 0.497 e. The van der Waals surface area contributed by atoms with Gasteiger partial charge in [0.05, 0.1) is 44.7 Å². The second-order valence-corrected chi connectivity index (χ2v) is 7.55. The first-order chi connectivity index (χ1) is 15.2. The van der Waals surface area contributed by atoms with Crippen molar-refractivity contribution in [2.24, 2.45) is 0 Å². The Hall–Kier alpha value is -3.16. The van der Waals surface area contributed by atoms with Crippen LogP contribution in [0.15, 0.2) is 67.0 Å². The van der Waals surface area contributed by atoms with Crippen LogP contribution in [-0.2, 0) is 16.0 Å². The Morgan fingerprint density at radius 3 is 2.58 bits per heavy atom. The lowest BCUT2D eigenvalue weighted by Gasteiger charge is -2.35. The summed E-state index contributed by atoms with van der Waals surface area (Å²) in [6, 6.07) is 18.0. The van der Waals surface area contributed by atoms with Crippen molar-refractivity contribution in [3.63, 3.8) is 0 Å². The first-order valence-corrected chi connectivity index (χ1v) is 10.5. The molecule has 7 heteroatoms. The maximum Gasteiger partial charge on any atom is 0.224 e. The molecule has 1 aliphatic rings. The van der Waals surface area contributed by atoms with Crippen LogP contribution >= 0.6 is 0 Å². The van der Waals surface area contributed by atoms with Crippen LogP contribution in [0.2, 0.25) is 0 Å². The summed E-state index contributed by atoms with van der Waals surface area (Å²) >= 11 is 0. The van der Waals surface area contributed by atoms with E-state index >= 15 is 0 Å². The number of methoxy groups -OCH3 is 1. The van der Waals surface area contributed by atoms with Crippen LogP contribution in [0.25, 0.3) is 5.69 Å². The number of carbonyl (C=O) groups is 1. The second kappa shape index (κ2) is 10.2. The maximum absolute atomic E-state index is 12.7. The Morgan fingerprint density at radius 1 is 1.13 bits per heavy atom. The number of amides is 1. The van der Waals surface area contributed by atoms with Gasteiger partial charge in [0.25, 0.3) is 0 Å². The molecule has 1 aromatic heterocycles. The summed E-state index contributed by atoms with van der Waals surface area (Å²) in [6.45, 7) is 3.64. The van der Waals surface area contributed by atoms with E-state index in [0.717, 1.165) is 35.7 Å². The van der Waals surface area contributed by atoms with Gasteiger partial charge in [0, 0.05) is 25.8 Å². The zero-order valence-corrected chi connectivity index (χ0v) is 17.7. The molecule has 1 aliphatic heterocycles. The minimum Gasteiger partial charge on any atom is -0.497 e. The van der Waals surface area contributed by atoms with Crippen LogP contribution in [0.3, 0.4) is 0 Å². The summed E-state index contributed by atoms with van der Waals surface area (Å²) in [5, 5.41) is 7.49. The van der Waals surface area contributed by atoms with E-state index in [2.05, 4.69) is 27.4 Å². The molecule has 2 aromatic carbocycles. The zero-order chi connectivity index (χ0) is 21.5. The number of benzene rings is 2. The number of aromatic nitrogens is 2. The Bertz CT molecular complexity index is 966.